The van der Waals surface area contributed by atoms with Gasteiger partial charge in [0.05, 0.1) is 29.2 Å². The van der Waals surface area contributed by atoms with E-state index >= 15 is 0 Å². The third kappa shape index (κ3) is 5.27. The fraction of sp³-hybridized carbons (Fsp3) is 0.368. The Balaban J connectivity index is 1.86. The number of ether oxygens (including phenoxy) is 1. The van der Waals surface area contributed by atoms with Crippen molar-refractivity contribution >= 4 is 21.6 Å². The third-order valence-corrected chi connectivity index (χ3v) is 6.28. The van der Waals surface area contributed by atoms with E-state index in [1.165, 1.54) is 6.07 Å². The van der Waals surface area contributed by atoms with E-state index in [9.17, 15) is 12.8 Å². The molecule has 1 saturated heterocycles. The van der Waals surface area contributed by atoms with Gasteiger partial charge in [0.25, 0.3) is 0 Å². The number of sulfonamides is 1. The smallest absolute Gasteiger partial charge is 0.241 e. The fourth-order valence-electron chi connectivity index (χ4n) is 2.95. The van der Waals surface area contributed by atoms with E-state index in [1.807, 2.05) is 31.2 Å². The van der Waals surface area contributed by atoms with Gasteiger partial charge in [-0.1, -0.05) is 41.4 Å². The highest BCUT2D eigenvalue weighted by Crippen LogP contribution is 2.23. The Morgan fingerprint density at radius 3 is 2.48 bits per heavy atom. The number of hydrogen-bond acceptors (Lipinski definition) is 4. The standard InChI is InChI=1S/C19H22ClFN2O3S/c1-14-2-4-15(5-3-14)19(13-23-8-10-26-11-9-23)22-27(24,25)16-6-7-18(21)17(20)12-16/h2-7,12,19,22H,8-11,13H2,1H3/t19-/m0/s1. The Hall–Kier alpha value is -1.51. The number of hydrogen-bond donors (Lipinski definition) is 1. The Morgan fingerprint density at radius 2 is 1.85 bits per heavy atom. The van der Waals surface area contributed by atoms with Gasteiger partial charge in [0.1, 0.15) is 5.82 Å². The molecule has 8 heteroatoms. The van der Waals surface area contributed by atoms with Crippen LogP contribution in [0.25, 0.3) is 0 Å². The molecule has 2 aromatic rings. The average Bonchev–Trinajstić information content (AvgIpc) is 2.64. The molecule has 2 aromatic carbocycles. The van der Waals surface area contributed by atoms with Crippen LogP contribution in [0, 0.1) is 12.7 Å². The van der Waals surface area contributed by atoms with Gasteiger partial charge in [-0.05, 0) is 30.7 Å². The number of halogens is 2. The second-order valence-corrected chi connectivity index (χ2v) is 8.69. The Bertz CT molecular complexity index is 884. The minimum atomic E-state index is -3.87. The molecule has 0 unspecified atom stereocenters. The molecular formula is C19H22ClFN2O3S. The van der Waals surface area contributed by atoms with Crippen LogP contribution in [0.1, 0.15) is 17.2 Å². The van der Waals surface area contributed by atoms with E-state index in [1.54, 1.807) is 0 Å². The van der Waals surface area contributed by atoms with Crippen molar-refractivity contribution in [3.63, 3.8) is 0 Å². The van der Waals surface area contributed by atoms with Crippen LogP contribution in [0.4, 0.5) is 4.39 Å². The lowest BCUT2D eigenvalue weighted by molar-refractivity contribution is 0.0345. The number of nitrogens with one attached hydrogen (secondary N) is 1. The third-order valence-electron chi connectivity index (χ3n) is 4.52. The monoisotopic (exact) mass is 412 g/mol. The molecule has 5 nitrogen and oxygen atoms in total. The Labute approximate surface area is 164 Å². The summed E-state index contributed by atoms with van der Waals surface area (Å²) in [6.07, 6.45) is 0. The lowest BCUT2D eigenvalue weighted by Crippen LogP contribution is -2.43. The zero-order chi connectivity index (χ0) is 19.4. The van der Waals surface area contributed by atoms with Gasteiger partial charge in [0.15, 0.2) is 0 Å². The molecule has 0 radical (unpaired) electrons. The summed E-state index contributed by atoms with van der Waals surface area (Å²) in [4.78, 5) is 2.10. The molecule has 146 valence electrons. The first kappa shape index (κ1) is 20.2. The largest absolute Gasteiger partial charge is 0.379 e. The first-order valence-corrected chi connectivity index (χ1v) is 10.6. The van der Waals surface area contributed by atoms with Crippen molar-refractivity contribution in [2.75, 3.05) is 32.8 Å². The maximum Gasteiger partial charge on any atom is 0.241 e. The minimum absolute atomic E-state index is 0.0620. The number of nitrogens with zero attached hydrogens (tertiary/aromatic N) is 1. The van der Waals surface area contributed by atoms with E-state index < -0.39 is 21.9 Å². The Morgan fingerprint density at radius 1 is 1.19 bits per heavy atom. The van der Waals surface area contributed by atoms with Crippen molar-refractivity contribution in [1.82, 2.24) is 9.62 Å². The van der Waals surface area contributed by atoms with E-state index in [4.69, 9.17) is 16.3 Å². The molecule has 1 aliphatic heterocycles. The van der Waals surface area contributed by atoms with Crippen LogP contribution in [-0.4, -0.2) is 46.2 Å². The predicted molar refractivity (Wildman–Crippen MR) is 103 cm³/mol. The molecule has 0 spiro atoms. The summed E-state index contributed by atoms with van der Waals surface area (Å²) in [5.74, 6) is -0.654. The maximum absolute atomic E-state index is 13.4. The van der Waals surface area contributed by atoms with Gasteiger partial charge in [-0.25, -0.2) is 17.5 Å². The zero-order valence-corrected chi connectivity index (χ0v) is 16.6. The second kappa shape index (κ2) is 8.67. The highest BCUT2D eigenvalue weighted by atomic mass is 35.5. The molecule has 0 saturated carbocycles. The van der Waals surface area contributed by atoms with Gasteiger partial charge in [-0.15, -0.1) is 0 Å². The minimum Gasteiger partial charge on any atom is -0.379 e. The molecule has 1 atom stereocenters. The van der Waals surface area contributed by atoms with Gasteiger partial charge in [-0.2, -0.15) is 0 Å². The summed E-state index contributed by atoms with van der Waals surface area (Å²) in [5, 5.41) is -0.224. The van der Waals surface area contributed by atoms with Crippen LogP contribution in [0.5, 0.6) is 0 Å². The zero-order valence-electron chi connectivity index (χ0n) is 15.0. The number of morpholine rings is 1. The topological polar surface area (TPSA) is 58.6 Å². The highest BCUT2D eigenvalue weighted by molar-refractivity contribution is 7.89. The van der Waals surface area contributed by atoms with Crippen molar-refractivity contribution in [2.24, 2.45) is 0 Å². The normalized spacial score (nSPS) is 17.0. The first-order valence-electron chi connectivity index (χ1n) is 8.69. The summed E-state index contributed by atoms with van der Waals surface area (Å²) in [7, 11) is -3.87. The van der Waals surface area contributed by atoms with Crippen LogP contribution in [-0.2, 0) is 14.8 Å². The highest BCUT2D eigenvalue weighted by Gasteiger charge is 2.25. The summed E-state index contributed by atoms with van der Waals surface area (Å²) < 4.78 is 47.2. The van der Waals surface area contributed by atoms with Crippen LogP contribution in [0.3, 0.4) is 0 Å². The fourth-order valence-corrected chi connectivity index (χ4v) is 4.44. The van der Waals surface area contributed by atoms with E-state index in [-0.39, 0.29) is 9.92 Å². The molecular weight excluding hydrogens is 391 g/mol. The summed E-state index contributed by atoms with van der Waals surface area (Å²) in [6, 6.07) is 10.7. The molecule has 0 amide bonds. The average molecular weight is 413 g/mol. The molecule has 1 N–H and O–H groups in total. The summed E-state index contributed by atoms with van der Waals surface area (Å²) >= 11 is 5.76. The second-order valence-electron chi connectivity index (χ2n) is 6.57. The molecule has 0 aliphatic carbocycles. The van der Waals surface area contributed by atoms with Gasteiger partial charge in [0.2, 0.25) is 10.0 Å². The molecule has 0 aromatic heterocycles. The van der Waals surface area contributed by atoms with E-state index in [2.05, 4.69) is 9.62 Å². The number of aryl methyl sites for hydroxylation is 1. The molecule has 1 fully saturated rings. The van der Waals surface area contributed by atoms with Gasteiger partial charge in [0, 0.05) is 19.6 Å². The van der Waals surface area contributed by atoms with Crippen molar-refractivity contribution in [3.8, 4) is 0 Å². The lowest BCUT2D eigenvalue weighted by Gasteiger charge is -2.31. The van der Waals surface area contributed by atoms with Crippen LogP contribution < -0.4 is 4.72 Å². The number of rotatable bonds is 6. The first-order chi connectivity index (χ1) is 12.8. The molecule has 1 heterocycles. The quantitative estimate of drug-likeness (QED) is 0.791. The summed E-state index contributed by atoms with van der Waals surface area (Å²) in [6.45, 7) is 5.23. The van der Waals surface area contributed by atoms with Gasteiger partial charge in [-0.3, -0.25) is 4.90 Å². The van der Waals surface area contributed by atoms with Crippen LogP contribution in [0.15, 0.2) is 47.4 Å². The van der Waals surface area contributed by atoms with E-state index in [0.717, 1.165) is 36.3 Å². The van der Waals surface area contributed by atoms with Gasteiger partial charge >= 0.3 is 0 Å². The molecule has 3 rings (SSSR count). The molecule has 1 aliphatic rings. The van der Waals surface area contributed by atoms with Crippen molar-refractivity contribution < 1.29 is 17.5 Å². The van der Waals surface area contributed by atoms with Crippen LogP contribution in [0.2, 0.25) is 5.02 Å². The van der Waals surface area contributed by atoms with Gasteiger partial charge < -0.3 is 4.74 Å². The van der Waals surface area contributed by atoms with Crippen molar-refractivity contribution in [3.05, 3.63) is 64.4 Å². The lowest BCUT2D eigenvalue weighted by atomic mass is 10.1. The summed E-state index contributed by atoms with van der Waals surface area (Å²) in [5.41, 5.74) is 1.96. The number of benzene rings is 2. The van der Waals surface area contributed by atoms with Crippen molar-refractivity contribution in [1.29, 1.82) is 0 Å². The molecule has 0 bridgehead atoms. The SMILES string of the molecule is Cc1ccc([C@H](CN2CCOCC2)NS(=O)(=O)c2ccc(F)c(Cl)c2)cc1. The molecule has 27 heavy (non-hydrogen) atoms. The maximum atomic E-state index is 13.4. The van der Waals surface area contributed by atoms with Crippen LogP contribution >= 0.6 is 11.6 Å². The van der Waals surface area contributed by atoms with Crippen molar-refractivity contribution in [2.45, 2.75) is 17.9 Å². The Kier molecular flexibility index (Phi) is 6.49. The van der Waals surface area contributed by atoms with E-state index in [0.29, 0.717) is 19.8 Å². The predicted octanol–water partition coefficient (Wildman–Crippen LogP) is 3.14.